The van der Waals surface area contributed by atoms with Gasteiger partial charge in [0.1, 0.15) is 29.4 Å². The largest absolute Gasteiger partial charge is 0.497 e. The average Bonchev–Trinajstić information content (AvgIpc) is 3.44. The molecule has 2 heterocycles. The lowest BCUT2D eigenvalue weighted by Gasteiger charge is -2.40. The topological polar surface area (TPSA) is 161 Å². The van der Waals surface area contributed by atoms with Crippen LogP contribution < -0.4 is 20.7 Å². The number of hydrogen-bond acceptors (Lipinski definition) is 8. The number of aromatic amines is 1. The molecule has 5 rings (SSSR count). The molecule has 0 unspecified atom stereocenters. The molecule has 1 aliphatic rings. The predicted molar refractivity (Wildman–Crippen MR) is 162 cm³/mol. The van der Waals surface area contributed by atoms with E-state index in [0.717, 1.165) is 16.7 Å². The van der Waals surface area contributed by atoms with Gasteiger partial charge in [-0.05, 0) is 53.4 Å². The number of H-pyrrole nitrogens is 1. The van der Waals surface area contributed by atoms with Crippen LogP contribution in [0.15, 0.2) is 99.8 Å². The van der Waals surface area contributed by atoms with Crippen LogP contribution in [0.2, 0.25) is 0 Å². The Labute approximate surface area is 253 Å². The lowest BCUT2D eigenvalue weighted by atomic mass is 9.79. The minimum Gasteiger partial charge on any atom is -0.497 e. The number of nitrogens with one attached hydrogen (secondary N) is 1. The summed E-state index contributed by atoms with van der Waals surface area (Å²) in [4.78, 5) is 29.8. The number of aliphatic hydroxyl groups is 1. The van der Waals surface area contributed by atoms with Gasteiger partial charge in [-0.15, -0.1) is 0 Å². The molecule has 44 heavy (non-hydrogen) atoms. The van der Waals surface area contributed by atoms with E-state index in [1.165, 1.54) is 10.8 Å². The Morgan fingerprint density at radius 3 is 2.11 bits per heavy atom. The van der Waals surface area contributed by atoms with Gasteiger partial charge in [0.2, 0.25) is 0 Å². The summed E-state index contributed by atoms with van der Waals surface area (Å²) in [6.07, 6.45) is -2.57. The highest BCUT2D eigenvalue weighted by atomic mass is 16.6. The lowest BCUT2D eigenvalue weighted by Crippen LogP contribution is -2.46. The summed E-state index contributed by atoms with van der Waals surface area (Å²) in [5, 5.41) is 15.1. The normalized spacial score (nSPS) is 18.8. The summed E-state index contributed by atoms with van der Waals surface area (Å²) in [7, 11) is 3.17. The van der Waals surface area contributed by atoms with E-state index in [1.54, 1.807) is 21.1 Å². The molecule has 12 heteroatoms. The Hall–Kier alpha value is -4.87. The first-order valence-electron chi connectivity index (χ1n) is 14.0. The van der Waals surface area contributed by atoms with E-state index in [1.807, 2.05) is 78.9 Å². The predicted octanol–water partition coefficient (Wildman–Crippen LogP) is 4.20. The minimum atomic E-state index is -1.29. The Balaban J connectivity index is 1.65. The maximum atomic E-state index is 12.7. The van der Waals surface area contributed by atoms with Gasteiger partial charge in [-0.2, -0.15) is 0 Å². The van der Waals surface area contributed by atoms with Crippen molar-refractivity contribution < 1.29 is 24.1 Å². The fourth-order valence-electron chi connectivity index (χ4n) is 5.56. The van der Waals surface area contributed by atoms with Crippen molar-refractivity contribution >= 4 is 0 Å². The fraction of sp³-hybridized carbons (Fsp3) is 0.312. The molecule has 1 fully saturated rings. The number of rotatable bonds is 11. The molecule has 2 N–H and O–H groups in total. The van der Waals surface area contributed by atoms with E-state index in [2.05, 4.69) is 15.0 Å². The third-order valence-corrected chi connectivity index (χ3v) is 7.79. The molecule has 4 atom stereocenters. The quantitative estimate of drug-likeness (QED) is 0.113. The van der Waals surface area contributed by atoms with Gasteiger partial charge < -0.3 is 24.1 Å². The number of ether oxygens (including phenoxy) is 4. The average molecular weight is 600 g/mol. The zero-order valence-corrected chi connectivity index (χ0v) is 24.5. The standard InChI is InChI=1S/C32H33N5O7/c1-20-19-37(31(40)35-30(20)39)28-17-26(38)29(43-28)27(18-34-36-33)44-32(21-7-5-4-6-8-21,22-9-13-24(41-2)14-10-22)23-11-15-25(42-3)16-12-23/h4-16,19,26-29,38H,17-18H2,1-3H3,(H,35,39,40)/t26-,27-,28+,29-/m0/s1. The first kappa shape index (κ1) is 30.6. The van der Waals surface area contributed by atoms with Gasteiger partial charge in [0.25, 0.3) is 5.56 Å². The van der Waals surface area contributed by atoms with Crippen molar-refractivity contribution in [2.75, 3.05) is 20.8 Å². The molecule has 12 nitrogen and oxygen atoms in total. The van der Waals surface area contributed by atoms with Crippen molar-refractivity contribution in [3.05, 3.63) is 139 Å². The van der Waals surface area contributed by atoms with Crippen molar-refractivity contribution in [2.24, 2.45) is 5.11 Å². The maximum Gasteiger partial charge on any atom is 0.330 e. The number of methoxy groups -OCH3 is 2. The van der Waals surface area contributed by atoms with Gasteiger partial charge in [-0.1, -0.05) is 59.7 Å². The Morgan fingerprint density at radius 1 is 1.00 bits per heavy atom. The third-order valence-electron chi connectivity index (χ3n) is 7.79. The van der Waals surface area contributed by atoms with E-state index < -0.39 is 41.4 Å². The van der Waals surface area contributed by atoms with Crippen molar-refractivity contribution in [1.29, 1.82) is 0 Å². The molecule has 0 radical (unpaired) electrons. The van der Waals surface area contributed by atoms with Crippen LogP contribution in [0.5, 0.6) is 11.5 Å². The number of benzene rings is 3. The molecule has 4 aromatic rings. The summed E-state index contributed by atoms with van der Waals surface area (Å²) < 4.78 is 25.4. The first-order chi connectivity index (χ1) is 21.3. The second-order valence-corrected chi connectivity index (χ2v) is 10.4. The highest BCUT2D eigenvalue weighted by Crippen LogP contribution is 2.44. The Bertz CT molecular complexity index is 1680. The van der Waals surface area contributed by atoms with Crippen molar-refractivity contribution in [2.45, 2.75) is 43.5 Å². The molecule has 1 saturated heterocycles. The lowest BCUT2D eigenvalue weighted by molar-refractivity contribution is -0.140. The Morgan fingerprint density at radius 2 is 1.57 bits per heavy atom. The molecule has 0 spiro atoms. The monoisotopic (exact) mass is 599 g/mol. The zero-order valence-electron chi connectivity index (χ0n) is 24.5. The van der Waals surface area contributed by atoms with Gasteiger partial charge in [0, 0.05) is 23.1 Å². The van der Waals surface area contributed by atoms with Gasteiger partial charge in [0.15, 0.2) is 0 Å². The number of aliphatic hydroxyl groups excluding tert-OH is 1. The van der Waals surface area contributed by atoms with Crippen molar-refractivity contribution in [1.82, 2.24) is 9.55 Å². The summed E-state index contributed by atoms with van der Waals surface area (Å²) >= 11 is 0. The first-order valence-corrected chi connectivity index (χ1v) is 14.0. The molecule has 3 aromatic carbocycles. The van der Waals surface area contributed by atoms with Crippen molar-refractivity contribution in [3.8, 4) is 11.5 Å². The van der Waals surface area contributed by atoms with Crippen LogP contribution in [0.3, 0.4) is 0 Å². The molecule has 0 aliphatic carbocycles. The third kappa shape index (κ3) is 5.97. The van der Waals surface area contributed by atoms with Crippen LogP contribution >= 0.6 is 0 Å². The smallest absolute Gasteiger partial charge is 0.330 e. The number of aromatic nitrogens is 2. The van der Waals surface area contributed by atoms with E-state index in [9.17, 15) is 20.2 Å². The summed E-state index contributed by atoms with van der Waals surface area (Å²) in [6.45, 7) is 1.38. The fourth-order valence-corrected chi connectivity index (χ4v) is 5.56. The van der Waals surface area contributed by atoms with Crippen LogP contribution in [0, 0.1) is 6.92 Å². The van der Waals surface area contributed by atoms with Crippen LogP contribution in [0.1, 0.15) is 34.9 Å². The van der Waals surface area contributed by atoms with E-state index in [4.69, 9.17) is 18.9 Å². The summed E-state index contributed by atoms with van der Waals surface area (Å²) in [5.74, 6) is 1.30. The molecule has 228 valence electrons. The molecular weight excluding hydrogens is 566 g/mol. The van der Waals surface area contributed by atoms with Crippen LogP contribution in [0.4, 0.5) is 0 Å². The van der Waals surface area contributed by atoms with Gasteiger partial charge in [0.05, 0.1) is 33.0 Å². The molecular formula is C32H33N5O7. The molecule has 0 saturated carbocycles. The highest BCUT2D eigenvalue weighted by Gasteiger charge is 2.46. The molecule has 1 aromatic heterocycles. The number of aryl methyl sites for hydroxylation is 1. The molecule has 1 aliphatic heterocycles. The van der Waals surface area contributed by atoms with E-state index >= 15 is 0 Å². The summed E-state index contributed by atoms with van der Waals surface area (Å²) in [6, 6.07) is 24.4. The number of nitrogens with zero attached hydrogens (tertiary/aromatic N) is 4. The van der Waals surface area contributed by atoms with Crippen molar-refractivity contribution in [3.63, 3.8) is 0 Å². The number of azide groups is 1. The SMILES string of the molecule is COc1ccc(C(O[C@@H](CN=[N+]=[N-])[C@H]2O[C@@H](n3cc(C)c(=O)[nH]c3=O)C[C@@H]2O)(c2ccccc2)c2ccc(OC)cc2)cc1. The van der Waals surface area contributed by atoms with E-state index in [0.29, 0.717) is 17.1 Å². The van der Waals surface area contributed by atoms with Crippen LogP contribution in [-0.2, 0) is 15.1 Å². The van der Waals surface area contributed by atoms with Crippen LogP contribution in [-0.4, -0.2) is 53.7 Å². The second kappa shape index (κ2) is 13.2. The maximum absolute atomic E-state index is 12.7. The van der Waals surface area contributed by atoms with Crippen LogP contribution in [0.25, 0.3) is 10.4 Å². The second-order valence-electron chi connectivity index (χ2n) is 10.4. The molecule has 0 bridgehead atoms. The summed E-state index contributed by atoms with van der Waals surface area (Å²) in [5.41, 5.74) is 9.39. The minimum absolute atomic E-state index is 0.0373. The van der Waals surface area contributed by atoms with Gasteiger partial charge >= 0.3 is 5.69 Å². The zero-order chi connectivity index (χ0) is 31.3. The highest BCUT2D eigenvalue weighted by molar-refractivity contribution is 5.50. The van der Waals surface area contributed by atoms with E-state index in [-0.39, 0.29) is 13.0 Å². The molecule has 0 amide bonds. The Kier molecular flexibility index (Phi) is 9.17. The van der Waals surface area contributed by atoms with Gasteiger partial charge in [-0.3, -0.25) is 14.3 Å². The number of hydrogen-bond donors (Lipinski definition) is 2. The van der Waals surface area contributed by atoms with Gasteiger partial charge in [-0.25, -0.2) is 4.79 Å².